The van der Waals surface area contributed by atoms with Crippen LogP contribution in [0.15, 0.2) is 24.3 Å². The van der Waals surface area contributed by atoms with Crippen LogP contribution in [0.5, 0.6) is 0 Å². The molecule has 0 aliphatic carbocycles. The predicted octanol–water partition coefficient (Wildman–Crippen LogP) is 0.944. The van der Waals surface area contributed by atoms with Crippen molar-refractivity contribution < 1.29 is 19.5 Å². The molecule has 2 amide bonds. The Morgan fingerprint density at radius 3 is 2.36 bits per heavy atom. The topological polar surface area (TPSA) is 90.0 Å². The summed E-state index contributed by atoms with van der Waals surface area (Å²) in [5, 5.41) is 11.7. The summed E-state index contributed by atoms with van der Waals surface area (Å²) in [5.74, 6) is -1.15. The maximum atomic E-state index is 12.3. The van der Waals surface area contributed by atoms with Gasteiger partial charge in [0.2, 0.25) is 5.91 Å². The van der Waals surface area contributed by atoms with Gasteiger partial charge in [-0.1, -0.05) is 12.1 Å². The smallest absolute Gasteiger partial charge is 0.320 e. The molecule has 2 rings (SSSR count). The molecule has 7 nitrogen and oxygen atoms in total. The van der Waals surface area contributed by atoms with Crippen LogP contribution in [0, 0.1) is 0 Å². The molecule has 0 radical (unpaired) electrons. The summed E-state index contributed by atoms with van der Waals surface area (Å²) in [6, 6.07) is 6.49. The molecule has 1 aliphatic heterocycles. The zero-order chi connectivity index (χ0) is 18.4. The molecule has 7 heteroatoms. The van der Waals surface area contributed by atoms with Crippen molar-refractivity contribution >= 4 is 17.8 Å². The Kier molecular flexibility index (Phi) is 6.52. The Balaban J connectivity index is 1.82. The van der Waals surface area contributed by atoms with Gasteiger partial charge in [0.25, 0.3) is 5.91 Å². The van der Waals surface area contributed by atoms with E-state index in [2.05, 4.69) is 5.32 Å². The third-order valence-electron chi connectivity index (χ3n) is 4.50. The van der Waals surface area contributed by atoms with Gasteiger partial charge in [-0.25, -0.2) is 0 Å². The lowest BCUT2D eigenvalue weighted by molar-refractivity contribution is -0.142. The second-order valence-electron chi connectivity index (χ2n) is 6.40. The van der Waals surface area contributed by atoms with Gasteiger partial charge in [0.05, 0.1) is 6.54 Å². The molecular formula is C18H25N3O4. The average Bonchev–Trinajstić information content (AvgIpc) is 3.13. The largest absolute Gasteiger partial charge is 0.480 e. The number of likely N-dealkylation sites (tertiary alicyclic amines) is 1. The minimum atomic E-state index is -0.964. The molecule has 1 aromatic carbocycles. The number of benzene rings is 1. The number of amides is 2. The molecule has 0 aromatic heterocycles. The van der Waals surface area contributed by atoms with Crippen molar-refractivity contribution in [2.75, 3.05) is 26.7 Å². The number of carboxylic acids is 1. The van der Waals surface area contributed by atoms with E-state index in [1.165, 1.54) is 11.8 Å². The van der Waals surface area contributed by atoms with Gasteiger partial charge < -0.3 is 15.3 Å². The molecule has 1 aliphatic rings. The normalized spacial score (nSPS) is 15.2. The van der Waals surface area contributed by atoms with Gasteiger partial charge in [-0.3, -0.25) is 19.3 Å². The Morgan fingerprint density at radius 1 is 1.20 bits per heavy atom. The van der Waals surface area contributed by atoms with Crippen molar-refractivity contribution in [2.24, 2.45) is 0 Å². The summed E-state index contributed by atoms with van der Waals surface area (Å²) in [5.41, 5.74) is 1.55. The summed E-state index contributed by atoms with van der Waals surface area (Å²) in [6.45, 7) is 3.52. The highest BCUT2D eigenvalue weighted by atomic mass is 16.4. The number of hydrogen-bond acceptors (Lipinski definition) is 4. The molecule has 0 spiro atoms. The van der Waals surface area contributed by atoms with Gasteiger partial charge >= 0.3 is 5.97 Å². The highest BCUT2D eigenvalue weighted by molar-refractivity contribution is 5.94. The van der Waals surface area contributed by atoms with Crippen molar-refractivity contribution in [3.63, 3.8) is 0 Å². The van der Waals surface area contributed by atoms with Crippen LogP contribution in [-0.2, 0) is 16.1 Å². The SMILES string of the molecule is CC(C(=O)O)N(C)CC(=O)NCc1ccc(C(=O)N2CCCC2)cc1. The van der Waals surface area contributed by atoms with E-state index >= 15 is 0 Å². The van der Waals surface area contributed by atoms with E-state index in [9.17, 15) is 14.4 Å². The van der Waals surface area contributed by atoms with Gasteiger partial charge in [-0.15, -0.1) is 0 Å². The van der Waals surface area contributed by atoms with Crippen molar-refractivity contribution in [2.45, 2.75) is 32.4 Å². The fraction of sp³-hybridized carbons (Fsp3) is 0.500. The molecule has 1 heterocycles. The summed E-state index contributed by atoms with van der Waals surface area (Å²) in [6.07, 6.45) is 2.12. The Hall–Kier alpha value is -2.41. The fourth-order valence-corrected chi connectivity index (χ4v) is 2.68. The second kappa shape index (κ2) is 8.62. The lowest BCUT2D eigenvalue weighted by Crippen LogP contribution is -2.42. The van der Waals surface area contributed by atoms with E-state index in [1.54, 1.807) is 19.2 Å². The van der Waals surface area contributed by atoms with E-state index in [0.29, 0.717) is 12.1 Å². The van der Waals surface area contributed by atoms with Crippen LogP contribution in [0.1, 0.15) is 35.7 Å². The zero-order valence-corrected chi connectivity index (χ0v) is 14.7. The van der Waals surface area contributed by atoms with Crippen LogP contribution < -0.4 is 5.32 Å². The zero-order valence-electron chi connectivity index (χ0n) is 14.7. The number of nitrogens with one attached hydrogen (secondary N) is 1. The molecule has 1 atom stereocenters. The van der Waals surface area contributed by atoms with E-state index in [-0.39, 0.29) is 18.4 Å². The van der Waals surface area contributed by atoms with Crippen LogP contribution >= 0.6 is 0 Å². The van der Waals surface area contributed by atoms with Gasteiger partial charge in [0, 0.05) is 25.2 Å². The van der Waals surface area contributed by atoms with Crippen molar-refractivity contribution in [3.05, 3.63) is 35.4 Å². The standard InChI is InChI=1S/C18H25N3O4/c1-13(18(24)25)20(2)12-16(22)19-11-14-5-7-15(8-6-14)17(23)21-9-3-4-10-21/h5-8,13H,3-4,9-12H2,1-2H3,(H,19,22)(H,24,25). The third kappa shape index (κ3) is 5.29. The molecular weight excluding hydrogens is 322 g/mol. The first-order valence-corrected chi connectivity index (χ1v) is 8.46. The number of likely N-dealkylation sites (N-methyl/N-ethyl adjacent to an activating group) is 1. The summed E-state index contributed by atoms with van der Waals surface area (Å²) in [4.78, 5) is 38.4. The Bertz CT molecular complexity index is 624. The monoisotopic (exact) mass is 347 g/mol. The predicted molar refractivity (Wildman–Crippen MR) is 93.2 cm³/mol. The van der Waals surface area contributed by atoms with Crippen molar-refractivity contribution in [1.82, 2.24) is 15.1 Å². The number of nitrogens with zero attached hydrogens (tertiary/aromatic N) is 2. The molecule has 2 N–H and O–H groups in total. The summed E-state index contributed by atoms with van der Waals surface area (Å²) >= 11 is 0. The van der Waals surface area contributed by atoms with Crippen molar-refractivity contribution in [1.29, 1.82) is 0 Å². The molecule has 0 bridgehead atoms. The van der Waals surface area contributed by atoms with Crippen LogP contribution in [0.4, 0.5) is 0 Å². The van der Waals surface area contributed by atoms with Gasteiger partial charge in [-0.2, -0.15) is 0 Å². The van der Waals surface area contributed by atoms with Gasteiger partial charge in [0.15, 0.2) is 0 Å². The van der Waals surface area contributed by atoms with Gasteiger partial charge in [0.1, 0.15) is 6.04 Å². The van der Waals surface area contributed by atoms with E-state index in [0.717, 1.165) is 31.5 Å². The Morgan fingerprint density at radius 2 is 1.80 bits per heavy atom. The molecule has 0 saturated carbocycles. The van der Waals surface area contributed by atoms with Crippen LogP contribution in [0.25, 0.3) is 0 Å². The van der Waals surface area contributed by atoms with E-state index in [1.807, 2.05) is 17.0 Å². The molecule has 136 valence electrons. The minimum absolute atomic E-state index is 0.0129. The molecule has 1 fully saturated rings. The van der Waals surface area contributed by atoms with Crippen LogP contribution in [-0.4, -0.2) is 65.4 Å². The number of hydrogen-bond donors (Lipinski definition) is 2. The first-order valence-electron chi connectivity index (χ1n) is 8.46. The molecule has 1 aromatic rings. The number of carbonyl (C=O) groups is 3. The highest BCUT2D eigenvalue weighted by Crippen LogP contribution is 2.13. The first-order chi connectivity index (χ1) is 11.9. The van der Waals surface area contributed by atoms with E-state index < -0.39 is 12.0 Å². The lowest BCUT2D eigenvalue weighted by Gasteiger charge is -2.20. The number of carbonyl (C=O) groups excluding carboxylic acids is 2. The number of rotatable bonds is 7. The van der Waals surface area contributed by atoms with E-state index in [4.69, 9.17) is 5.11 Å². The highest BCUT2D eigenvalue weighted by Gasteiger charge is 2.20. The third-order valence-corrected chi connectivity index (χ3v) is 4.50. The summed E-state index contributed by atoms with van der Waals surface area (Å²) in [7, 11) is 1.59. The number of carboxylic acid groups (broad SMARTS) is 1. The maximum absolute atomic E-state index is 12.3. The molecule has 1 unspecified atom stereocenters. The average molecular weight is 347 g/mol. The first kappa shape index (κ1) is 18.9. The Labute approximate surface area is 147 Å². The lowest BCUT2D eigenvalue weighted by atomic mass is 10.1. The number of aliphatic carboxylic acids is 1. The second-order valence-corrected chi connectivity index (χ2v) is 6.40. The van der Waals surface area contributed by atoms with Gasteiger partial charge in [-0.05, 0) is 44.5 Å². The maximum Gasteiger partial charge on any atom is 0.320 e. The summed E-state index contributed by atoms with van der Waals surface area (Å²) < 4.78 is 0. The molecule has 25 heavy (non-hydrogen) atoms. The fourth-order valence-electron chi connectivity index (χ4n) is 2.68. The minimum Gasteiger partial charge on any atom is -0.480 e. The van der Waals surface area contributed by atoms with Crippen molar-refractivity contribution in [3.8, 4) is 0 Å². The molecule has 1 saturated heterocycles. The van der Waals surface area contributed by atoms with Crippen LogP contribution in [0.3, 0.4) is 0 Å². The van der Waals surface area contributed by atoms with Crippen LogP contribution in [0.2, 0.25) is 0 Å². The quantitative estimate of drug-likeness (QED) is 0.766.